The largest absolute Gasteiger partial charge is 0.496 e. The second-order valence-electron chi connectivity index (χ2n) is 4.75. The third kappa shape index (κ3) is 3.46. The van der Waals surface area contributed by atoms with Gasteiger partial charge in [-0.3, -0.25) is 4.79 Å². The van der Waals surface area contributed by atoms with Crippen molar-refractivity contribution in [1.29, 1.82) is 0 Å². The van der Waals surface area contributed by atoms with Crippen molar-refractivity contribution >= 4 is 15.9 Å². The predicted molar refractivity (Wildman–Crippen MR) is 82.0 cm³/mol. The Bertz CT molecular complexity index is 809. The molecule has 0 aliphatic heterocycles. The number of Topliss-reactive ketones (excluding diaryl/α,β-unsaturated/α-hetero) is 1. The van der Waals surface area contributed by atoms with E-state index in [0.29, 0.717) is 16.9 Å². The van der Waals surface area contributed by atoms with Crippen LogP contribution in [-0.2, 0) is 10.1 Å². The van der Waals surface area contributed by atoms with Gasteiger partial charge >= 0.3 is 10.1 Å². The summed E-state index contributed by atoms with van der Waals surface area (Å²) in [5.74, 6) is 0.529. The van der Waals surface area contributed by atoms with Gasteiger partial charge in [0.15, 0.2) is 5.78 Å². The van der Waals surface area contributed by atoms with Gasteiger partial charge in [-0.2, -0.15) is 8.42 Å². The molecule has 0 unspecified atom stereocenters. The SMILES string of the molecule is COc1ccc(S(=O)(=O)Oc2cccc(C(C)=O)c2)cc1C. The number of rotatable bonds is 5. The molecule has 0 atom stereocenters. The third-order valence-electron chi connectivity index (χ3n) is 3.10. The number of methoxy groups -OCH3 is 1. The topological polar surface area (TPSA) is 69.7 Å². The highest BCUT2D eigenvalue weighted by Gasteiger charge is 2.18. The van der Waals surface area contributed by atoms with E-state index in [0.717, 1.165) is 0 Å². The van der Waals surface area contributed by atoms with Gasteiger partial charge in [0.25, 0.3) is 0 Å². The van der Waals surface area contributed by atoms with Crippen LogP contribution in [0.25, 0.3) is 0 Å². The lowest BCUT2D eigenvalue weighted by Crippen LogP contribution is -2.10. The Morgan fingerprint density at radius 1 is 1.09 bits per heavy atom. The molecule has 0 aliphatic rings. The highest BCUT2D eigenvalue weighted by molar-refractivity contribution is 7.87. The van der Waals surface area contributed by atoms with E-state index in [1.54, 1.807) is 25.1 Å². The number of hydrogen-bond donors (Lipinski definition) is 0. The van der Waals surface area contributed by atoms with Gasteiger partial charge in [-0.1, -0.05) is 12.1 Å². The second-order valence-corrected chi connectivity index (χ2v) is 6.30. The second kappa shape index (κ2) is 6.19. The summed E-state index contributed by atoms with van der Waals surface area (Å²) in [6, 6.07) is 10.5. The van der Waals surface area contributed by atoms with Crippen molar-refractivity contribution in [2.45, 2.75) is 18.7 Å². The lowest BCUT2D eigenvalue weighted by molar-refractivity contribution is 0.101. The van der Waals surface area contributed by atoms with Crippen LogP contribution in [0.1, 0.15) is 22.8 Å². The number of benzene rings is 2. The summed E-state index contributed by atoms with van der Waals surface area (Å²) in [5.41, 5.74) is 1.07. The van der Waals surface area contributed by atoms with Gasteiger partial charge in [-0.05, 0) is 49.7 Å². The normalized spacial score (nSPS) is 11.0. The lowest BCUT2D eigenvalue weighted by Gasteiger charge is -2.10. The summed E-state index contributed by atoms with van der Waals surface area (Å²) in [6.07, 6.45) is 0. The molecule has 5 nitrogen and oxygen atoms in total. The Morgan fingerprint density at radius 3 is 2.41 bits per heavy atom. The molecule has 116 valence electrons. The van der Waals surface area contributed by atoms with Crippen LogP contribution in [0, 0.1) is 6.92 Å². The molecule has 22 heavy (non-hydrogen) atoms. The molecule has 2 aromatic carbocycles. The van der Waals surface area contributed by atoms with Gasteiger partial charge in [-0.25, -0.2) is 0 Å². The van der Waals surface area contributed by atoms with Crippen LogP contribution < -0.4 is 8.92 Å². The van der Waals surface area contributed by atoms with Gasteiger partial charge in [0.2, 0.25) is 0 Å². The zero-order valence-electron chi connectivity index (χ0n) is 12.5. The van der Waals surface area contributed by atoms with Crippen molar-refractivity contribution in [3.63, 3.8) is 0 Å². The van der Waals surface area contributed by atoms with E-state index in [9.17, 15) is 13.2 Å². The molecule has 0 fully saturated rings. The van der Waals surface area contributed by atoms with Crippen LogP contribution in [0.5, 0.6) is 11.5 Å². The lowest BCUT2D eigenvalue weighted by atomic mass is 10.1. The zero-order valence-corrected chi connectivity index (χ0v) is 13.3. The summed E-state index contributed by atoms with van der Waals surface area (Å²) in [5, 5.41) is 0. The quantitative estimate of drug-likeness (QED) is 0.626. The maximum Gasteiger partial charge on any atom is 0.339 e. The summed E-state index contributed by atoms with van der Waals surface area (Å²) in [7, 11) is -2.46. The molecule has 0 N–H and O–H groups in total. The number of hydrogen-bond acceptors (Lipinski definition) is 5. The summed E-state index contributed by atoms with van der Waals surface area (Å²) in [4.78, 5) is 11.4. The first-order chi connectivity index (χ1) is 10.3. The number of carbonyl (C=O) groups excluding carboxylic acids is 1. The minimum Gasteiger partial charge on any atom is -0.496 e. The molecule has 0 heterocycles. The van der Waals surface area contributed by atoms with E-state index in [1.165, 1.54) is 38.3 Å². The Labute approximate surface area is 129 Å². The van der Waals surface area contributed by atoms with Gasteiger partial charge < -0.3 is 8.92 Å². The van der Waals surface area contributed by atoms with Crippen LogP contribution >= 0.6 is 0 Å². The van der Waals surface area contributed by atoms with Crippen LogP contribution in [0.3, 0.4) is 0 Å². The summed E-state index contributed by atoms with van der Waals surface area (Å²) < 4.78 is 34.8. The Kier molecular flexibility index (Phi) is 4.51. The molecule has 0 saturated heterocycles. The monoisotopic (exact) mass is 320 g/mol. The van der Waals surface area contributed by atoms with Crippen molar-refractivity contribution < 1.29 is 22.1 Å². The maximum absolute atomic E-state index is 12.3. The summed E-state index contributed by atoms with van der Waals surface area (Å²) >= 11 is 0. The first-order valence-corrected chi connectivity index (χ1v) is 7.94. The predicted octanol–water partition coefficient (Wildman–Crippen LogP) is 2.97. The van der Waals surface area contributed by atoms with E-state index >= 15 is 0 Å². The first-order valence-electron chi connectivity index (χ1n) is 6.53. The van der Waals surface area contributed by atoms with E-state index in [2.05, 4.69) is 0 Å². The van der Waals surface area contributed by atoms with Crippen molar-refractivity contribution in [3.8, 4) is 11.5 Å². The molecular formula is C16H16O5S. The van der Waals surface area contributed by atoms with Gasteiger partial charge in [0.1, 0.15) is 16.4 Å². The van der Waals surface area contributed by atoms with Crippen molar-refractivity contribution in [3.05, 3.63) is 53.6 Å². The fraction of sp³-hybridized carbons (Fsp3) is 0.188. The highest BCUT2D eigenvalue weighted by Crippen LogP contribution is 2.24. The fourth-order valence-corrected chi connectivity index (χ4v) is 2.96. The number of aryl methyl sites for hydroxylation is 1. The molecule has 0 saturated carbocycles. The molecule has 2 aromatic rings. The van der Waals surface area contributed by atoms with E-state index in [-0.39, 0.29) is 16.4 Å². The zero-order chi connectivity index (χ0) is 16.3. The minimum absolute atomic E-state index is 0.0269. The Morgan fingerprint density at radius 2 is 1.82 bits per heavy atom. The molecule has 0 aliphatic carbocycles. The number of ketones is 1. The minimum atomic E-state index is -3.97. The van der Waals surface area contributed by atoms with Crippen LogP contribution in [0.15, 0.2) is 47.4 Å². The number of carbonyl (C=O) groups is 1. The molecule has 0 spiro atoms. The average Bonchev–Trinajstić information content (AvgIpc) is 2.47. The Balaban J connectivity index is 2.33. The number of ether oxygens (including phenoxy) is 1. The maximum atomic E-state index is 12.3. The molecule has 0 aromatic heterocycles. The summed E-state index contributed by atoms with van der Waals surface area (Å²) in [6.45, 7) is 3.15. The van der Waals surface area contributed by atoms with Crippen molar-refractivity contribution in [1.82, 2.24) is 0 Å². The molecule has 6 heteroatoms. The third-order valence-corrected chi connectivity index (χ3v) is 4.34. The average molecular weight is 320 g/mol. The molecule has 0 bridgehead atoms. The first kappa shape index (κ1) is 16.0. The van der Waals surface area contributed by atoms with Gasteiger partial charge in [-0.15, -0.1) is 0 Å². The smallest absolute Gasteiger partial charge is 0.339 e. The van der Waals surface area contributed by atoms with Crippen LogP contribution in [-0.4, -0.2) is 21.3 Å². The van der Waals surface area contributed by atoms with Crippen molar-refractivity contribution in [2.24, 2.45) is 0 Å². The fourth-order valence-electron chi connectivity index (χ4n) is 1.95. The standard InChI is InChI=1S/C16H16O5S/c1-11-9-15(7-8-16(11)20-3)22(18,19)21-14-6-4-5-13(10-14)12(2)17/h4-10H,1-3H3. The van der Waals surface area contributed by atoms with E-state index < -0.39 is 10.1 Å². The van der Waals surface area contributed by atoms with E-state index in [4.69, 9.17) is 8.92 Å². The molecule has 2 rings (SSSR count). The van der Waals surface area contributed by atoms with Crippen LogP contribution in [0.2, 0.25) is 0 Å². The van der Waals surface area contributed by atoms with Gasteiger partial charge in [0.05, 0.1) is 7.11 Å². The Hall–Kier alpha value is -2.34. The molecule has 0 radical (unpaired) electrons. The highest BCUT2D eigenvalue weighted by atomic mass is 32.2. The van der Waals surface area contributed by atoms with Gasteiger partial charge in [0, 0.05) is 5.56 Å². The van der Waals surface area contributed by atoms with Crippen LogP contribution in [0.4, 0.5) is 0 Å². The molecule has 0 amide bonds. The van der Waals surface area contributed by atoms with E-state index in [1.807, 2.05) is 0 Å². The molecular weight excluding hydrogens is 304 g/mol. The van der Waals surface area contributed by atoms with Crippen molar-refractivity contribution in [2.75, 3.05) is 7.11 Å².